The van der Waals surface area contributed by atoms with Crippen LogP contribution in [0.2, 0.25) is 0 Å². The molecule has 0 unspecified atom stereocenters. The first kappa shape index (κ1) is 15.1. The molecular formula is C11H16N4O3S2. The van der Waals surface area contributed by atoms with Crippen molar-refractivity contribution in [1.82, 2.24) is 19.9 Å². The Kier molecular flexibility index (Phi) is 4.53. The van der Waals surface area contributed by atoms with Crippen molar-refractivity contribution in [3.63, 3.8) is 0 Å². The number of nitrogens with zero attached hydrogens (tertiary/aromatic N) is 2. The summed E-state index contributed by atoms with van der Waals surface area (Å²) >= 11 is 1.47. The Morgan fingerprint density at radius 1 is 1.50 bits per heavy atom. The van der Waals surface area contributed by atoms with Crippen LogP contribution in [-0.2, 0) is 29.6 Å². The van der Waals surface area contributed by atoms with Crippen LogP contribution in [0.25, 0.3) is 0 Å². The zero-order valence-corrected chi connectivity index (χ0v) is 12.8. The lowest BCUT2D eigenvalue weighted by atomic mass is 10.3. The van der Waals surface area contributed by atoms with E-state index in [2.05, 4.69) is 19.9 Å². The molecular weight excluding hydrogens is 300 g/mol. The van der Waals surface area contributed by atoms with Gasteiger partial charge in [-0.1, -0.05) is 6.92 Å². The molecule has 3 N–H and O–H groups in total. The van der Waals surface area contributed by atoms with E-state index in [4.69, 9.17) is 0 Å². The number of aliphatic hydroxyl groups is 1. The van der Waals surface area contributed by atoms with E-state index in [1.807, 2.05) is 6.92 Å². The number of aromatic nitrogens is 3. The first-order chi connectivity index (χ1) is 9.47. The fourth-order valence-corrected chi connectivity index (χ4v) is 3.72. The smallest absolute Gasteiger partial charge is 0.260 e. The zero-order valence-electron chi connectivity index (χ0n) is 11.2. The van der Waals surface area contributed by atoms with Gasteiger partial charge in [0.05, 0.1) is 13.2 Å². The Labute approximate surface area is 121 Å². The molecule has 0 atom stereocenters. The van der Waals surface area contributed by atoms with Gasteiger partial charge in [0, 0.05) is 22.3 Å². The molecule has 2 heterocycles. The van der Waals surface area contributed by atoms with E-state index in [0.29, 0.717) is 10.7 Å². The number of thiazole rings is 1. The summed E-state index contributed by atoms with van der Waals surface area (Å²) in [6.45, 7) is 3.41. The van der Waals surface area contributed by atoms with Gasteiger partial charge in [0.1, 0.15) is 5.01 Å². The van der Waals surface area contributed by atoms with Crippen molar-refractivity contribution in [2.45, 2.75) is 38.4 Å². The highest BCUT2D eigenvalue weighted by atomic mass is 32.2. The molecule has 0 fully saturated rings. The highest BCUT2D eigenvalue weighted by Crippen LogP contribution is 2.17. The van der Waals surface area contributed by atoms with Crippen LogP contribution in [0.4, 0.5) is 0 Å². The van der Waals surface area contributed by atoms with Crippen LogP contribution in [0.3, 0.4) is 0 Å². The summed E-state index contributed by atoms with van der Waals surface area (Å²) in [6, 6.07) is 0. The van der Waals surface area contributed by atoms with Gasteiger partial charge in [0.2, 0.25) is 0 Å². The highest BCUT2D eigenvalue weighted by Gasteiger charge is 2.23. The maximum atomic E-state index is 12.1. The summed E-state index contributed by atoms with van der Waals surface area (Å²) in [6.07, 6.45) is 2.61. The number of H-pyrrole nitrogens is 1. The van der Waals surface area contributed by atoms with E-state index in [9.17, 15) is 13.5 Å². The van der Waals surface area contributed by atoms with Crippen molar-refractivity contribution in [3.8, 4) is 0 Å². The quantitative estimate of drug-likeness (QED) is 0.727. The van der Waals surface area contributed by atoms with Crippen LogP contribution in [0.5, 0.6) is 0 Å². The molecule has 2 aromatic heterocycles. The molecule has 2 rings (SSSR count). The number of sulfonamides is 1. The third kappa shape index (κ3) is 3.06. The van der Waals surface area contributed by atoms with Crippen molar-refractivity contribution in [3.05, 3.63) is 27.3 Å². The van der Waals surface area contributed by atoms with Gasteiger partial charge in [-0.25, -0.2) is 18.1 Å². The summed E-state index contributed by atoms with van der Waals surface area (Å²) in [5, 5.41) is 16.0. The molecule has 2 aromatic rings. The second-order valence-corrected chi connectivity index (χ2v) is 7.07. The average Bonchev–Trinajstić information content (AvgIpc) is 3.02. The fourth-order valence-electron chi connectivity index (χ4n) is 1.66. The van der Waals surface area contributed by atoms with E-state index in [1.165, 1.54) is 11.3 Å². The van der Waals surface area contributed by atoms with Crippen molar-refractivity contribution in [2.24, 2.45) is 0 Å². The van der Waals surface area contributed by atoms with Gasteiger partial charge in [-0.2, -0.15) is 5.10 Å². The molecule has 0 saturated carbocycles. The second kappa shape index (κ2) is 6.00. The zero-order chi connectivity index (χ0) is 14.8. The SMILES string of the molecule is CCc1cnc(CNS(=O)(=O)c2n[nH]c(C)c2CO)s1. The maximum absolute atomic E-state index is 12.1. The standard InChI is InChI=1S/C11H16N4O3S2/c1-3-8-4-12-10(19-8)5-13-20(17,18)11-9(6-16)7(2)14-15-11/h4,13,16H,3,5-6H2,1-2H3,(H,14,15). The molecule has 0 spiro atoms. The van der Waals surface area contributed by atoms with Crippen LogP contribution in [0.15, 0.2) is 11.2 Å². The van der Waals surface area contributed by atoms with Gasteiger partial charge < -0.3 is 5.11 Å². The summed E-state index contributed by atoms with van der Waals surface area (Å²) in [5.74, 6) is 0. The molecule has 0 aromatic carbocycles. The first-order valence-electron chi connectivity index (χ1n) is 6.06. The largest absolute Gasteiger partial charge is 0.392 e. The van der Waals surface area contributed by atoms with Crippen LogP contribution in [0, 0.1) is 6.92 Å². The summed E-state index contributed by atoms with van der Waals surface area (Å²) in [7, 11) is -3.76. The fraction of sp³-hybridized carbons (Fsp3) is 0.455. The molecule has 0 aliphatic carbocycles. The minimum atomic E-state index is -3.76. The Morgan fingerprint density at radius 3 is 2.85 bits per heavy atom. The minimum Gasteiger partial charge on any atom is -0.392 e. The van der Waals surface area contributed by atoms with E-state index in [0.717, 1.165) is 11.3 Å². The van der Waals surface area contributed by atoms with Crippen LogP contribution < -0.4 is 4.72 Å². The van der Waals surface area contributed by atoms with Gasteiger partial charge >= 0.3 is 0 Å². The Hall–Kier alpha value is -1.29. The van der Waals surface area contributed by atoms with Crippen LogP contribution in [0.1, 0.15) is 28.1 Å². The molecule has 9 heteroatoms. The Morgan fingerprint density at radius 2 is 2.25 bits per heavy atom. The van der Waals surface area contributed by atoms with E-state index in [-0.39, 0.29) is 23.7 Å². The predicted octanol–water partition coefficient (Wildman–Crippen LogP) is 0.708. The average molecular weight is 316 g/mol. The first-order valence-corrected chi connectivity index (χ1v) is 8.35. The number of hydrogen-bond acceptors (Lipinski definition) is 6. The molecule has 0 bridgehead atoms. The lowest BCUT2D eigenvalue weighted by molar-refractivity contribution is 0.277. The van der Waals surface area contributed by atoms with Gasteiger partial charge in [0.15, 0.2) is 5.03 Å². The topological polar surface area (TPSA) is 108 Å². The lowest BCUT2D eigenvalue weighted by Crippen LogP contribution is -2.24. The van der Waals surface area contributed by atoms with Crippen LogP contribution in [-0.4, -0.2) is 28.7 Å². The van der Waals surface area contributed by atoms with Gasteiger partial charge in [-0.05, 0) is 13.3 Å². The minimum absolute atomic E-state index is 0.115. The third-order valence-electron chi connectivity index (χ3n) is 2.81. The number of nitrogens with one attached hydrogen (secondary N) is 2. The summed E-state index contributed by atoms with van der Waals surface area (Å²) < 4.78 is 26.7. The maximum Gasteiger partial charge on any atom is 0.260 e. The van der Waals surface area contributed by atoms with Gasteiger partial charge in [-0.15, -0.1) is 11.3 Å². The molecule has 20 heavy (non-hydrogen) atoms. The number of aliphatic hydroxyl groups excluding tert-OH is 1. The second-order valence-electron chi connectivity index (χ2n) is 4.19. The molecule has 0 aliphatic heterocycles. The third-order valence-corrected chi connectivity index (χ3v) is 5.32. The molecule has 0 aliphatic rings. The van der Waals surface area contributed by atoms with Crippen molar-refractivity contribution in [1.29, 1.82) is 0 Å². The predicted molar refractivity (Wildman–Crippen MR) is 74.8 cm³/mol. The molecule has 0 amide bonds. The number of aryl methyl sites for hydroxylation is 2. The van der Waals surface area contributed by atoms with Crippen molar-refractivity contribution in [2.75, 3.05) is 0 Å². The Bertz CT molecular complexity index is 690. The van der Waals surface area contributed by atoms with Crippen LogP contribution >= 0.6 is 11.3 Å². The van der Waals surface area contributed by atoms with Gasteiger partial charge in [-0.3, -0.25) is 5.10 Å². The number of rotatable bonds is 6. The van der Waals surface area contributed by atoms with Crippen molar-refractivity contribution < 1.29 is 13.5 Å². The molecule has 0 saturated heterocycles. The van der Waals surface area contributed by atoms with E-state index < -0.39 is 10.0 Å². The van der Waals surface area contributed by atoms with E-state index >= 15 is 0 Å². The monoisotopic (exact) mass is 316 g/mol. The lowest BCUT2D eigenvalue weighted by Gasteiger charge is -2.04. The Balaban J connectivity index is 2.14. The number of aromatic amines is 1. The normalized spacial score (nSPS) is 11.9. The van der Waals surface area contributed by atoms with Crippen molar-refractivity contribution >= 4 is 21.4 Å². The molecule has 0 radical (unpaired) electrons. The molecule has 7 nitrogen and oxygen atoms in total. The number of hydrogen-bond donors (Lipinski definition) is 3. The van der Waals surface area contributed by atoms with E-state index in [1.54, 1.807) is 13.1 Å². The summed E-state index contributed by atoms with van der Waals surface area (Å²) in [5.41, 5.74) is 0.821. The van der Waals surface area contributed by atoms with Gasteiger partial charge in [0.25, 0.3) is 10.0 Å². The highest BCUT2D eigenvalue weighted by molar-refractivity contribution is 7.89. The molecule has 110 valence electrons. The summed E-state index contributed by atoms with van der Waals surface area (Å²) in [4.78, 5) is 5.25.